The van der Waals surface area contributed by atoms with Crippen LogP contribution in [0.4, 0.5) is 4.39 Å². The Morgan fingerprint density at radius 3 is 2.80 bits per heavy atom. The van der Waals surface area contributed by atoms with Crippen LogP contribution < -0.4 is 0 Å². The number of rotatable bonds is 2. The SMILES string of the molecule is [C-]#[N+]C1=C[C@@]2(C)c3nc(-c4cnc5ccccc5c4)n(-c4cccc(F)c4)c3CC[C@@H]2[C@@H](C)C1=O. The molecule has 0 N–H and O–H groups in total. The lowest BCUT2D eigenvalue weighted by atomic mass is 9.59. The van der Waals surface area contributed by atoms with E-state index in [0.29, 0.717) is 17.9 Å². The first-order valence-electron chi connectivity index (χ1n) is 11.8. The number of halogens is 1. The molecule has 6 heteroatoms. The Hall–Kier alpha value is -4.11. The largest absolute Gasteiger partial charge is 0.308 e. The maximum atomic E-state index is 14.3. The molecule has 2 aliphatic carbocycles. The third-order valence-electron chi connectivity index (χ3n) is 7.69. The second-order valence-electron chi connectivity index (χ2n) is 9.68. The average molecular weight is 463 g/mol. The van der Waals surface area contributed by atoms with E-state index < -0.39 is 5.41 Å². The van der Waals surface area contributed by atoms with Crippen molar-refractivity contribution in [3.63, 3.8) is 0 Å². The fourth-order valence-corrected chi connectivity index (χ4v) is 5.97. The van der Waals surface area contributed by atoms with E-state index >= 15 is 0 Å². The zero-order valence-electron chi connectivity index (χ0n) is 19.5. The van der Waals surface area contributed by atoms with Crippen molar-refractivity contribution in [2.24, 2.45) is 11.8 Å². The normalized spacial score (nSPS) is 23.4. The van der Waals surface area contributed by atoms with Gasteiger partial charge in [0, 0.05) is 34.2 Å². The van der Waals surface area contributed by atoms with Gasteiger partial charge in [0.25, 0.3) is 0 Å². The van der Waals surface area contributed by atoms with Crippen molar-refractivity contribution in [3.05, 3.63) is 101 Å². The van der Waals surface area contributed by atoms with Gasteiger partial charge in [0.15, 0.2) is 5.78 Å². The molecule has 35 heavy (non-hydrogen) atoms. The number of hydrogen-bond donors (Lipinski definition) is 0. The smallest absolute Gasteiger partial charge is 0.226 e. The van der Waals surface area contributed by atoms with Crippen LogP contribution in [0, 0.1) is 24.2 Å². The third kappa shape index (κ3) is 3.15. The van der Waals surface area contributed by atoms with E-state index in [1.54, 1.807) is 12.3 Å². The summed E-state index contributed by atoms with van der Waals surface area (Å²) in [5.41, 5.74) is 3.86. The summed E-state index contributed by atoms with van der Waals surface area (Å²) in [5.74, 6) is 0.0655. The van der Waals surface area contributed by atoms with Crippen molar-refractivity contribution in [2.75, 3.05) is 0 Å². The molecular formula is C29H23FN4O. The van der Waals surface area contributed by atoms with Gasteiger partial charge in [-0.25, -0.2) is 14.2 Å². The molecule has 4 aromatic rings. The fraction of sp³-hybridized carbons (Fsp3) is 0.241. The number of fused-ring (bicyclic) bond motifs is 4. The number of carbonyl (C=O) groups is 1. The molecule has 0 aliphatic heterocycles. The fourth-order valence-electron chi connectivity index (χ4n) is 5.97. The molecule has 172 valence electrons. The molecule has 2 aromatic heterocycles. The highest BCUT2D eigenvalue weighted by molar-refractivity contribution is 6.00. The summed E-state index contributed by atoms with van der Waals surface area (Å²) in [7, 11) is 0. The molecule has 0 fully saturated rings. The highest BCUT2D eigenvalue weighted by Gasteiger charge is 2.50. The van der Waals surface area contributed by atoms with Gasteiger partial charge >= 0.3 is 0 Å². The number of carbonyl (C=O) groups excluding carboxylic acids is 1. The van der Waals surface area contributed by atoms with Gasteiger partial charge in [-0.1, -0.05) is 44.2 Å². The zero-order valence-corrected chi connectivity index (χ0v) is 19.5. The minimum atomic E-state index is -0.571. The zero-order chi connectivity index (χ0) is 24.3. The molecule has 2 aromatic carbocycles. The van der Waals surface area contributed by atoms with E-state index in [2.05, 4.69) is 22.8 Å². The molecule has 6 rings (SSSR count). The van der Waals surface area contributed by atoms with Crippen LogP contribution in [-0.4, -0.2) is 20.3 Å². The lowest BCUT2D eigenvalue weighted by Gasteiger charge is -2.44. The summed E-state index contributed by atoms with van der Waals surface area (Å²) in [6.45, 7) is 11.6. The maximum absolute atomic E-state index is 14.3. The van der Waals surface area contributed by atoms with Crippen molar-refractivity contribution in [3.8, 4) is 17.1 Å². The second-order valence-corrected chi connectivity index (χ2v) is 9.68. The summed E-state index contributed by atoms with van der Waals surface area (Å²) in [6.07, 6.45) is 5.11. The van der Waals surface area contributed by atoms with Crippen LogP contribution in [0.5, 0.6) is 0 Å². The van der Waals surface area contributed by atoms with Gasteiger partial charge in [-0.3, -0.25) is 9.55 Å². The van der Waals surface area contributed by atoms with Crippen LogP contribution >= 0.6 is 0 Å². The van der Waals surface area contributed by atoms with Crippen LogP contribution in [-0.2, 0) is 16.6 Å². The molecule has 0 saturated carbocycles. The maximum Gasteiger partial charge on any atom is 0.226 e. The first kappa shape index (κ1) is 21.4. The Labute approximate surface area is 202 Å². The van der Waals surface area contributed by atoms with Crippen LogP contribution in [0.3, 0.4) is 0 Å². The quantitative estimate of drug-likeness (QED) is 0.340. The average Bonchev–Trinajstić information content (AvgIpc) is 3.27. The Morgan fingerprint density at radius 1 is 1.17 bits per heavy atom. The highest BCUT2D eigenvalue weighted by Crippen LogP contribution is 2.51. The Bertz CT molecular complexity index is 1590. The monoisotopic (exact) mass is 462 g/mol. The van der Waals surface area contributed by atoms with Gasteiger partial charge in [-0.15, -0.1) is 0 Å². The van der Waals surface area contributed by atoms with Crippen molar-refractivity contribution in [2.45, 2.75) is 32.1 Å². The molecule has 3 atom stereocenters. The number of ketones is 1. The van der Waals surface area contributed by atoms with E-state index in [0.717, 1.165) is 34.3 Å². The van der Waals surface area contributed by atoms with E-state index in [9.17, 15) is 9.18 Å². The van der Waals surface area contributed by atoms with Crippen LogP contribution in [0.25, 0.3) is 32.8 Å². The first-order chi connectivity index (χ1) is 16.9. The second kappa shape index (κ2) is 7.71. The molecule has 0 spiro atoms. The number of aromatic nitrogens is 3. The molecular weight excluding hydrogens is 439 g/mol. The van der Waals surface area contributed by atoms with Crippen LogP contribution in [0.15, 0.2) is 72.6 Å². The number of para-hydroxylation sites is 1. The van der Waals surface area contributed by atoms with Crippen molar-refractivity contribution < 1.29 is 9.18 Å². The molecule has 5 nitrogen and oxygen atoms in total. The molecule has 0 radical (unpaired) electrons. The van der Waals surface area contributed by atoms with Gasteiger partial charge in [0.2, 0.25) is 5.70 Å². The molecule has 0 unspecified atom stereocenters. The van der Waals surface area contributed by atoms with E-state index in [4.69, 9.17) is 11.6 Å². The van der Waals surface area contributed by atoms with Gasteiger partial charge in [-0.2, -0.15) is 0 Å². The number of pyridine rings is 1. The lowest BCUT2D eigenvalue weighted by Crippen LogP contribution is -2.45. The van der Waals surface area contributed by atoms with Gasteiger partial charge in [0.05, 0.1) is 23.5 Å². The summed E-state index contributed by atoms with van der Waals surface area (Å²) >= 11 is 0. The number of allylic oxidation sites excluding steroid dienone is 2. The van der Waals surface area contributed by atoms with Gasteiger partial charge < -0.3 is 4.79 Å². The topological polar surface area (TPSA) is 52.1 Å². The van der Waals surface area contributed by atoms with Gasteiger partial charge in [0.1, 0.15) is 11.6 Å². The van der Waals surface area contributed by atoms with Crippen molar-refractivity contribution in [1.29, 1.82) is 0 Å². The minimum absolute atomic E-state index is 0.0476. The van der Waals surface area contributed by atoms with E-state index in [-0.39, 0.29) is 29.1 Å². The Morgan fingerprint density at radius 2 is 2.00 bits per heavy atom. The number of benzene rings is 2. The lowest BCUT2D eigenvalue weighted by molar-refractivity contribution is -0.121. The van der Waals surface area contributed by atoms with E-state index in [1.165, 1.54) is 12.1 Å². The minimum Gasteiger partial charge on any atom is -0.308 e. The summed E-state index contributed by atoms with van der Waals surface area (Å²) < 4.78 is 16.4. The van der Waals surface area contributed by atoms with Crippen molar-refractivity contribution in [1.82, 2.24) is 14.5 Å². The van der Waals surface area contributed by atoms with Crippen LogP contribution in [0.2, 0.25) is 0 Å². The Balaban J connectivity index is 1.65. The predicted molar refractivity (Wildman–Crippen MR) is 132 cm³/mol. The van der Waals surface area contributed by atoms with Crippen LogP contribution in [0.1, 0.15) is 31.7 Å². The standard InChI is InChI=1S/C29H23FN4O/c1-17-22-11-12-25-27(29(22,2)15-24(31-3)26(17)35)33-28(34(25)21-9-6-8-20(30)14-21)19-13-18-7-4-5-10-23(18)32-16-19/h4-10,13-17,22H,11-12H2,1-2H3/t17-,22-,29-/m1/s1. The Kier molecular flexibility index (Phi) is 4.72. The van der Waals surface area contributed by atoms with E-state index in [1.807, 2.05) is 47.9 Å². The summed E-state index contributed by atoms with van der Waals surface area (Å²) in [4.78, 5) is 26.1. The summed E-state index contributed by atoms with van der Waals surface area (Å²) in [6, 6.07) is 16.5. The highest BCUT2D eigenvalue weighted by atomic mass is 19.1. The van der Waals surface area contributed by atoms with Crippen molar-refractivity contribution >= 4 is 16.7 Å². The number of nitrogens with zero attached hydrogens (tertiary/aromatic N) is 4. The molecule has 0 bridgehead atoms. The van der Waals surface area contributed by atoms with Gasteiger partial charge in [-0.05, 0) is 49.1 Å². The molecule has 0 amide bonds. The third-order valence-corrected chi connectivity index (χ3v) is 7.69. The number of Topliss-reactive ketones (excluding diaryl/α,β-unsaturated/α-hetero) is 1. The number of hydrogen-bond acceptors (Lipinski definition) is 3. The first-order valence-corrected chi connectivity index (χ1v) is 11.8. The summed E-state index contributed by atoms with van der Waals surface area (Å²) in [5, 5.41) is 0.993. The predicted octanol–water partition coefficient (Wildman–Crippen LogP) is 6.07. The molecule has 2 aliphatic rings. The molecule has 2 heterocycles. The number of imidazole rings is 1. The molecule has 0 saturated heterocycles.